The van der Waals surface area contributed by atoms with Crippen LogP contribution in [-0.4, -0.2) is 37.7 Å². The summed E-state index contributed by atoms with van der Waals surface area (Å²) in [6, 6.07) is 8.73. The highest BCUT2D eigenvalue weighted by Crippen LogP contribution is 2.10. The lowest BCUT2D eigenvalue weighted by atomic mass is 10.1. The molecule has 1 heterocycles. The predicted octanol–water partition coefficient (Wildman–Crippen LogP) is 1.63. The molecule has 3 nitrogen and oxygen atoms in total. The summed E-state index contributed by atoms with van der Waals surface area (Å²) in [6.07, 6.45) is 0. The first-order valence-electron chi connectivity index (χ1n) is 6.47. The Balaban J connectivity index is 1.90. The van der Waals surface area contributed by atoms with E-state index in [1.54, 1.807) is 0 Å². The van der Waals surface area contributed by atoms with Crippen molar-refractivity contribution < 1.29 is 4.74 Å². The van der Waals surface area contributed by atoms with Crippen LogP contribution in [0.25, 0.3) is 0 Å². The minimum atomic E-state index is 0.728. The molecule has 1 N–H and O–H groups in total. The maximum Gasteiger partial charge on any atom is 0.0716 e. The van der Waals surface area contributed by atoms with E-state index >= 15 is 0 Å². The first-order valence-corrected chi connectivity index (χ1v) is 6.47. The Hall–Kier alpha value is -0.900. The molecule has 0 saturated carbocycles. The molecular formula is C14H22N2O. The van der Waals surface area contributed by atoms with Gasteiger partial charge in [-0.2, -0.15) is 0 Å². The first kappa shape index (κ1) is 12.6. The predicted molar refractivity (Wildman–Crippen MR) is 69.9 cm³/mol. The van der Waals surface area contributed by atoms with E-state index in [-0.39, 0.29) is 0 Å². The molecule has 1 aliphatic heterocycles. The number of hydrogen-bond acceptors (Lipinski definition) is 3. The maximum atomic E-state index is 5.44. The van der Waals surface area contributed by atoms with Crippen molar-refractivity contribution in [2.45, 2.75) is 20.1 Å². The Labute approximate surface area is 104 Å². The summed E-state index contributed by atoms with van der Waals surface area (Å²) in [6.45, 7) is 9.11. The average molecular weight is 234 g/mol. The van der Waals surface area contributed by atoms with E-state index in [1.807, 2.05) is 6.92 Å². The third kappa shape index (κ3) is 4.11. The second-order valence-electron chi connectivity index (χ2n) is 4.48. The molecular weight excluding hydrogens is 212 g/mol. The number of piperazine rings is 1. The van der Waals surface area contributed by atoms with Crippen molar-refractivity contribution in [3.8, 4) is 0 Å². The topological polar surface area (TPSA) is 24.5 Å². The van der Waals surface area contributed by atoms with Crippen molar-refractivity contribution in [2.75, 3.05) is 32.8 Å². The van der Waals surface area contributed by atoms with E-state index in [2.05, 4.69) is 34.5 Å². The molecule has 0 radical (unpaired) electrons. The van der Waals surface area contributed by atoms with Gasteiger partial charge in [-0.25, -0.2) is 0 Å². The van der Waals surface area contributed by atoms with Gasteiger partial charge in [0.05, 0.1) is 6.61 Å². The van der Waals surface area contributed by atoms with Crippen LogP contribution in [0.1, 0.15) is 18.1 Å². The Morgan fingerprint density at radius 1 is 1.24 bits per heavy atom. The fraction of sp³-hybridized carbons (Fsp3) is 0.571. The SMILES string of the molecule is CCOCc1cccc(CN2CCNCC2)c1. The van der Waals surface area contributed by atoms with E-state index in [0.717, 1.165) is 45.9 Å². The van der Waals surface area contributed by atoms with Crippen LogP contribution in [0.15, 0.2) is 24.3 Å². The highest BCUT2D eigenvalue weighted by Gasteiger charge is 2.09. The number of ether oxygens (including phenoxy) is 1. The third-order valence-electron chi connectivity index (χ3n) is 3.08. The number of nitrogens with one attached hydrogen (secondary N) is 1. The van der Waals surface area contributed by atoms with E-state index in [9.17, 15) is 0 Å². The lowest BCUT2D eigenvalue weighted by molar-refractivity contribution is 0.134. The molecule has 1 aliphatic rings. The van der Waals surface area contributed by atoms with Crippen molar-refractivity contribution in [1.82, 2.24) is 10.2 Å². The van der Waals surface area contributed by atoms with Crippen LogP contribution in [-0.2, 0) is 17.9 Å². The average Bonchev–Trinajstić information content (AvgIpc) is 2.38. The molecule has 1 aromatic carbocycles. The molecule has 1 aromatic rings. The zero-order valence-corrected chi connectivity index (χ0v) is 10.6. The van der Waals surface area contributed by atoms with Crippen LogP contribution >= 0.6 is 0 Å². The van der Waals surface area contributed by atoms with Gasteiger partial charge in [0.1, 0.15) is 0 Å². The second kappa shape index (κ2) is 6.74. The number of benzene rings is 1. The van der Waals surface area contributed by atoms with E-state index in [1.165, 1.54) is 11.1 Å². The Bertz CT molecular complexity index is 335. The summed E-state index contributed by atoms with van der Waals surface area (Å²) < 4.78 is 5.44. The van der Waals surface area contributed by atoms with Crippen molar-refractivity contribution in [3.05, 3.63) is 35.4 Å². The summed E-state index contributed by atoms with van der Waals surface area (Å²) in [4.78, 5) is 2.50. The molecule has 0 atom stereocenters. The second-order valence-corrected chi connectivity index (χ2v) is 4.48. The molecule has 94 valence electrons. The zero-order valence-electron chi connectivity index (χ0n) is 10.6. The largest absolute Gasteiger partial charge is 0.377 e. The molecule has 0 unspecified atom stereocenters. The molecule has 1 saturated heterocycles. The van der Waals surface area contributed by atoms with Crippen LogP contribution < -0.4 is 5.32 Å². The Morgan fingerprint density at radius 3 is 2.76 bits per heavy atom. The van der Waals surface area contributed by atoms with Crippen molar-refractivity contribution >= 4 is 0 Å². The smallest absolute Gasteiger partial charge is 0.0716 e. The van der Waals surface area contributed by atoms with Gasteiger partial charge in [0.2, 0.25) is 0 Å². The quantitative estimate of drug-likeness (QED) is 0.838. The molecule has 2 rings (SSSR count). The Morgan fingerprint density at radius 2 is 2.00 bits per heavy atom. The minimum absolute atomic E-state index is 0.728. The monoisotopic (exact) mass is 234 g/mol. The van der Waals surface area contributed by atoms with Gasteiger partial charge in [-0.05, 0) is 18.1 Å². The lowest BCUT2D eigenvalue weighted by Gasteiger charge is -2.27. The molecule has 1 fully saturated rings. The van der Waals surface area contributed by atoms with Crippen molar-refractivity contribution in [3.63, 3.8) is 0 Å². The van der Waals surface area contributed by atoms with Crippen molar-refractivity contribution in [2.24, 2.45) is 0 Å². The normalized spacial score (nSPS) is 17.2. The highest BCUT2D eigenvalue weighted by atomic mass is 16.5. The van der Waals surface area contributed by atoms with Crippen LogP contribution in [0, 0.1) is 0 Å². The first-order chi connectivity index (χ1) is 8.38. The van der Waals surface area contributed by atoms with Gasteiger partial charge in [0.15, 0.2) is 0 Å². The molecule has 3 heteroatoms. The van der Waals surface area contributed by atoms with Crippen LogP contribution in [0.3, 0.4) is 0 Å². The number of hydrogen-bond donors (Lipinski definition) is 1. The third-order valence-corrected chi connectivity index (χ3v) is 3.08. The fourth-order valence-corrected chi connectivity index (χ4v) is 2.17. The van der Waals surface area contributed by atoms with Gasteiger partial charge in [0, 0.05) is 39.3 Å². The Kier molecular flexibility index (Phi) is 4.98. The summed E-state index contributed by atoms with van der Waals surface area (Å²) in [5.74, 6) is 0. The van der Waals surface area contributed by atoms with Gasteiger partial charge >= 0.3 is 0 Å². The molecule has 0 aromatic heterocycles. The van der Waals surface area contributed by atoms with E-state index < -0.39 is 0 Å². The fourth-order valence-electron chi connectivity index (χ4n) is 2.17. The van der Waals surface area contributed by atoms with Crippen LogP contribution in [0.5, 0.6) is 0 Å². The lowest BCUT2D eigenvalue weighted by Crippen LogP contribution is -2.42. The highest BCUT2D eigenvalue weighted by molar-refractivity contribution is 5.23. The van der Waals surface area contributed by atoms with Gasteiger partial charge in [0.25, 0.3) is 0 Å². The van der Waals surface area contributed by atoms with Gasteiger partial charge in [-0.1, -0.05) is 24.3 Å². The summed E-state index contributed by atoms with van der Waals surface area (Å²) in [5.41, 5.74) is 2.67. The standard InChI is InChI=1S/C14H22N2O/c1-2-17-12-14-5-3-4-13(10-14)11-16-8-6-15-7-9-16/h3-5,10,15H,2,6-9,11-12H2,1H3. The van der Waals surface area contributed by atoms with Gasteiger partial charge < -0.3 is 10.1 Å². The number of rotatable bonds is 5. The maximum absolute atomic E-state index is 5.44. The molecule has 0 bridgehead atoms. The number of nitrogens with zero attached hydrogens (tertiary/aromatic N) is 1. The summed E-state index contributed by atoms with van der Waals surface area (Å²) >= 11 is 0. The van der Waals surface area contributed by atoms with Crippen LogP contribution in [0.4, 0.5) is 0 Å². The van der Waals surface area contributed by atoms with Gasteiger partial charge in [-0.15, -0.1) is 0 Å². The van der Waals surface area contributed by atoms with Gasteiger partial charge in [-0.3, -0.25) is 4.90 Å². The van der Waals surface area contributed by atoms with Crippen LogP contribution in [0.2, 0.25) is 0 Å². The molecule has 0 amide bonds. The van der Waals surface area contributed by atoms with E-state index in [0.29, 0.717) is 0 Å². The minimum Gasteiger partial charge on any atom is -0.377 e. The summed E-state index contributed by atoms with van der Waals surface area (Å²) in [5, 5.41) is 3.38. The van der Waals surface area contributed by atoms with E-state index in [4.69, 9.17) is 4.74 Å². The molecule has 0 spiro atoms. The summed E-state index contributed by atoms with van der Waals surface area (Å²) in [7, 11) is 0. The zero-order chi connectivity index (χ0) is 11.9. The molecule has 0 aliphatic carbocycles. The molecule has 17 heavy (non-hydrogen) atoms. The van der Waals surface area contributed by atoms with Crippen molar-refractivity contribution in [1.29, 1.82) is 0 Å².